The van der Waals surface area contributed by atoms with Gasteiger partial charge in [0.1, 0.15) is 6.17 Å². The molecule has 2 aromatic carbocycles. The van der Waals surface area contributed by atoms with Gasteiger partial charge in [0.15, 0.2) is 0 Å². The molecule has 0 aromatic heterocycles. The summed E-state index contributed by atoms with van der Waals surface area (Å²) < 4.78 is 0. The monoisotopic (exact) mass is 308 g/mol. The molecule has 0 amide bonds. The van der Waals surface area contributed by atoms with Gasteiger partial charge in [-0.25, -0.2) is 0 Å². The van der Waals surface area contributed by atoms with Gasteiger partial charge in [-0.15, -0.1) is 0 Å². The molecule has 23 heavy (non-hydrogen) atoms. The van der Waals surface area contributed by atoms with Crippen LogP contribution in [0.1, 0.15) is 42.3 Å². The van der Waals surface area contributed by atoms with Gasteiger partial charge in [-0.3, -0.25) is 4.90 Å². The third-order valence-corrected chi connectivity index (χ3v) is 5.62. The normalized spacial score (nSPS) is 25.1. The van der Waals surface area contributed by atoms with Crippen molar-refractivity contribution >= 4 is 5.69 Å². The zero-order valence-electron chi connectivity index (χ0n) is 15.2. The lowest BCUT2D eigenvalue weighted by Gasteiger charge is -2.35. The van der Waals surface area contributed by atoms with Crippen molar-refractivity contribution in [2.75, 3.05) is 11.9 Å². The van der Waals surface area contributed by atoms with Crippen LogP contribution in [0, 0.1) is 20.8 Å². The molecule has 0 saturated carbocycles. The molecule has 3 rings (SSSR count). The van der Waals surface area contributed by atoms with E-state index in [1.165, 1.54) is 27.9 Å². The first-order chi connectivity index (χ1) is 10.9. The van der Waals surface area contributed by atoms with E-state index in [1.807, 2.05) is 0 Å². The summed E-state index contributed by atoms with van der Waals surface area (Å²) in [7, 11) is 2.26. The summed E-state index contributed by atoms with van der Waals surface area (Å²) in [6.45, 7) is 11.4. The van der Waals surface area contributed by atoms with Crippen molar-refractivity contribution in [2.24, 2.45) is 0 Å². The van der Waals surface area contributed by atoms with Gasteiger partial charge in [-0.2, -0.15) is 0 Å². The molecule has 0 N–H and O–H groups in total. The Bertz CT molecular complexity index is 686. The Morgan fingerprint density at radius 3 is 1.91 bits per heavy atom. The zero-order chi connectivity index (χ0) is 16.7. The highest BCUT2D eigenvalue weighted by atomic mass is 15.4. The summed E-state index contributed by atoms with van der Waals surface area (Å²) in [4.78, 5) is 5.13. The van der Waals surface area contributed by atoms with Gasteiger partial charge in [-0.05, 0) is 70.0 Å². The highest BCUT2D eigenvalue weighted by molar-refractivity contribution is 5.58. The van der Waals surface area contributed by atoms with Gasteiger partial charge in [0, 0.05) is 17.8 Å². The van der Waals surface area contributed by atoms with Gasteiger partial charge in [0.2, 0.25) is 0 Å². The number of rotatable bonds is 2. The van der Waals surface area contributed by atoms with E-state index >= 15 is 0 Å². The third-order valence-electron chi connectivity index (χ3n) is 5.62. The van der Waals surface area contributed by atoms with E-state index in [1.54, 1.807) is 0 Å². The Balaban J connectivity index is 2.18. The minimum atomic E-state index is 0.294. The fourth-order valence-electron chi connectivity index (χ4n) is 4.00. The fourth-order valence-corrected chi connectivity index (χ4v) is 4.00. The van der Waals surface area contributed by atoms with Crippen LogP contribution in [0.2, 0.25) is 0 Å². The molecular weight excluding hydrogens is 280 g/mol. The van der Waals surface area contributed by atoms with Crippen molar-refractivity contribution in [2.45, 2.75) is 52.9 Å². The van der Waals surface area contributed by atoms with Crippen molar-refractivity contribution in [3.8, 4) is 0 Å². The first-order valence-corrected chi connectivity index (χ1v) is 8.55. The largest absolute Gasteiger partial charge is 0.347 e. The second kappa shape index (κ2) is 6.01. The molecule has 1 fully saturated rings. The predicted molar refractivity (Wildman–Crippen MR) is 99.0 cm³/mol. The molecule has 1 aliphatic heterocycles. The summed E-state index contributed by atoms with van der Waals surface area (Å²) >= 11 is 0. The van der Waals surface area contributed by atoms with Gasteiger partial charge in [-0.1, -0.05) is 36.4 Å². The molecule has 2 unspecified atom stereocenters. The molecule has 2 heteroatoms. The number of anilines is 1. The Kier molecular flexibility index (Phi) is 4.20. The molecule has 2 nitrogen and oxygen atoms in total. The number of para-hydroxylation sites is 1. The van der Waals surface area contributed by atoms with Crippen LogP contribution in [0.5, 0.6) is 0 Å². The highest BCUT2D eigenvalue weighted by Gasteiger charge is 2.42. The van der Waals surface area contributed by atoms with Crippen LogP contribution in [0.25, 0.3) is 0 Å². The molecular formula is C21H28N2. The van der Waals surface area contributed by atoms with Crippen LogP contribution >= 0.6 is 0 Å². The van der Waals surface area contributed by atoms with Crippen molar-refractivity contribution in [3.63, 3.8) is 0 Å². The topological polar surface area (TPSA) is 6.48 Å². The lowest BCUT2D eigenvalue weighted by atomic mass is 9.98. The maximum absolute atomic E-state index is 2.61. The van der Waals surface area contributed by atoms with E-state index in [0.29, 0.717) is 18.2 Å². The molecule has 1 heterocycles. The quantitative estimate of drug-likeness (QED) is 0.783. The molecule has 1 saturated heterocycles. The van der Waals surface area contributed by atoms with Crippen LogP contribution in [0.4, 0.5) is 5.69 Å². The maximum atomic E-state index is 2.61. The molecule has 3 atom stereocenters. The average Bonchev–Trinajstić information content (AvgIpc) is 2.73. The van der Waals surface area contributed by atoms with Crippen LogP contribution in [0.3, 0.4) is 0 Å². The van der Waals surface area contributed by atoms with E-state index in [-0.39, 0.29) is 0 Å². The molecule has 2 aromatic rings. The molecule has 0 bridgehead atoms. The van der Waals surface area contributed by atoms with Gasteiger partial charge >= 0.3 is 0 Å². The first-order valence-electron chi connectivity index (χ1n) is 8.55. The van der Waals surface area contributed by atoms with Crippen molar-refractivity contribution < 1.29 is 0 Å². The Hall–Kier alpha value is -1.80. The van der Waals surface area contributed by atoms with Crippen molar-refractivity contribution in [1.29, 1.82) is 0 Å². The summed E-state index contributed by atoms with van der Waals surface area (Å²) in [6.07, 6.45) is 0.294. The first kappa shape index (κ1) is 16.1. The number of hydrogen-bond donors (Lipinski definition) is 0. The fraction of sp³-hybridized carbons (Fsp3) is 0.429. The minimum absolute atomic E-state index is 0.294. The van der Waals surface area contributed by atoms with Crippen LogP contribution in [0.15, 0.2) is 42.5 Å². The summed E-state index contributed by atoms with van der Waals surface area (Å²) in [5, 5.41) is 0. The molecule has 1 aliphatic rings. The summed E-state index contributed by atoms with van der Waals surface area (Å²) in [6, 6.07) is 16.4. The number of hydrogen-bond acceptors (Lipinski definition) is 2. The number of benzene rings is 2. The van der Waals surface area contributed by atoms with Crippen LogP contribution in [-0.2, 0) is 0 Å². The van der Waals surface area contributed by atoms with E-state index in [2.05, 4.69) is 93.9 Å². The molecule has 0 radical (unpaired) electrons. The third kappa shape index (κ3) is 2.55. The number of likely N-dealkylation sites (N-methyl/N-ethyl adjacent to an activating group) is 1. The Morgan fingerprint density at radius 2 is 1.30 bits per heavy atom. The molecule has 0 aliphatic carbocycles. The van der Waals surface area contributed by atoms with Crippen LogP contribution < -0.4 is 4.90 Å². The SMILES string of the molecule is Cc1ccccc1N1C(c2c(C)cccc2C)N(C)C(C)[C@@H]1C. The summed E-state index contributed by atoms with van der Waals surface area (Å²) in [5.41, 5.74) is 6.90. The van der Waals surface area contributed by atoms with Crippen molar-refractivity contribution in [3.05, 3.63) is 64.7 Å². The van der Waals surface area contributed by atoms with E-state index in [4.69, 9.17) is 0 Å². The minimum Gasteiger partial charge on any atom is -0.347 e. The number of nitrogens with zero attached hydrogens (tertiary/aromatic N) is 2. The summed E-state index contributed by atoms with van der Waals surface area (Å²) in [5.74, 6) is 0. The molecule has 0 spiro atoms. The van der Waals surface area contributed by atoms with Crippen molar-refractivity contribution in [1.82, 2.24) is 4.90 Å². The van der Waals surface area contributed by atoms with E-state index < -0.39 is 0 Å². The lowest BCUT2D eigenvalue weighted by molar-refractivity contribution is 0.252. The average molecular weight is 308 g/mol. The molecule has 122 valence electrons. The Labute approximate surface area is 140 Å². The predicted octanol–water partition coefficient (Wildman–Crippen LogP) is 4.84. The Morgan fingerprint density at radius 1 is 0.739 bits per heavy atom. The van der Waals surface area contributed by atoms with E-state index in [0.717, 1.165) is 0 Å². The van der Waals surface area contributed by atoms with Gasteiger partial charge in [0.05, 0.1) is 0 Å². The van der Waals surface area contributed by atoms with E-state index in [9.17, 15) is 0 Å². The maximum Gasteiger partial charge on any atom is 0.109 e. The highest BCUT2D eigenvalue weighted by Crippen LogP contribution is 2.42. The number of aryl methyl sites for hydroxylation is 3. The van der Waals surface area contributed by atoms with Gasteiger partial charge in [0.25, 0.3) is 0 Å². The standard InChI is InChI=1S/C21H28N2/c1-14-10-7-8-13-19(14)23-18(5)17(4)22(6)21(23)20-15(2)11-9-12-16(20)3/h7-13,17-18,21H,1-6H3/t17?,18-,21?/m0/s1. The zero-order valence-corrected chi connectivity index (χ0v) is 15.2. The second-order valence-corrected chi connectivity index (χ2v) is 7.02. The smallest absolute Gasteiger partial charge is 0.109 e. The second-order valence-electron chi connectivity index (χ2n) is 7.02. The van der Waals surface area contributed by atoms with Crippen LogP contribution in [-0.4, -0.2) is 24.0 Å². The van der Waals surface area contributed by atoms with Gasteiger partial charge < -0.3 is 4.90 Å². The lowest BCUT2D eigenvalue weighted by Crippen LogP contribution is -2.33.